The zero-order valence-corrected chi connectivity index (χ0v) is 24.9. The van der Waals surface area contributed by atoms with E-state index in [1.807, 2.05) is 19.0 Å². The van der Waals surface area contributed by atoms with Crippen molar-refractivity contribution in [1.29, 1.82) is 0 Å². The first-order chi connectivity index (χ1) is 17.3. The van der Waals surface area contributed by atoms with Crippen LogP contribution in [0.1, 0.15) is 123 Å². The summed E-state index contributed by atoms with van der Waals surface area (Å²) in [7, 11) is -0.0552. The molecule has 8 heteroatoms. The van der Waals surface area contributed by atoms with Crippen LogP contribution in [-0.2, 0) is 23.4 Å². The maximum absolute atomic E-state index is 12.1. The van der Waals surface area contributed by atoms with E-state index in [9.17, 15) is 14.3 Å². The molecule has 0 spiro atoms. The van der Waals surface area contributed by atoms with Gasteiger partial charge in [0.05, 0.1) is 19.4 Å². The fourth-order valence-corrected chi connectivity index (χ4v) is 5.27. The molecule has 0 aromatic heterocycles. The van der Waals surface area contributed by atoms with Crippen molar-refractivity contribution in [3.05, 3.63) is 0 Å². The highest BCUT2D eigenvalue weighted by Crippen LogP contribution is 2.41. The van der Waals surface area contributed by atoms with Gasteiger partial charge in [0, 0.05) is 20.1 Å². The molecule has 0 radical (unpaired) electrons. The van der Waals surface area contributed by atoms with Crippen molar-refractivity contribution >= 4 is 13.6 Å². The summed E-state index contributed by atoms with van der Waals surface area (Å²) in [4.78, 5) is 23.0. The Kier molecular flexibility index (Phi) is 24.5. The van der Waals surface area contributed by atoms with Gasteiger partial charge in [0.1, 0.15) is 6.10 Å². The third-order valence-corrected chi connectivity index (χ3v) is 7.64. The number of carbonyl (C=O) groups is 1. The van der Waals surface area contributed by atoms with Gasteiger partial charge in [-0.25, -0.2) is 0 Å². The Hall–Kier alpha value is -0.460. The van der Waals surface area contributed by atoms with Crippen molar-refractivity contribution in [3.63, 3.8) is 0 Å². The van der Waals surface area contributed by atoms with E-state index < -0.39 is 19.7 Å². The predicted octanol–water partition coefficient (Wildman–Crippen LogP) is 7.35. The lowest BCUT2D eigenvalue weighted by molar-refractivity contribution is -0.151. The van der Waals surface area contributed by atoms with Gasteiger partial charge >= 0.3 is 13.6 Å². The van der Waals surface area contributed by atoms with E-state index in [2.05, 4.69) is 6.92 Å². The highest BCUT2D eigenvalue weighted by atomic mass is 31.2. The molecule has 0 amide bonds. The molecule has 0 rings (SSSR count). The van der Waals surface area contributed by atoms with Crippen molar-refractivity contribution < 1.29 is 28.3 Å². The van der Waals surface area contributed by atoms with Crippen molar-refractivity contribution in [2.75, 3.05) is 46.6 Å². The van der Waals surface area contributed by atoms with E-state index >= 15 is 0 Å². The van der Waals surface area contributed by atoms with E-state index in [-0.39, 0.29) is 19.4 Å². The fraction of sp³-hybridized carbons (Fsp3) is 0.964. The molecule has 216 valence electrons. The summed E-state index contributed by atoms with van der Waals surface area (Å²) in [6.45, 7) is 4.66. The summed E-state index contributed by atoms with van der Waals surface area (Å²) in [5, 5.41) is 0. The summed E-state index contributed by atoms with van der Waals surface area (Å²) in [6, 6.07) is 0. The molecular weight excluding hydrogens is 477 g/mol. The number of rotatable bonds is 27. The third-order valence-electron chi connectivity index (χ3n) is 6.32. The molecule has 2 atom stereocenters. The lowest BCUT2D eigenvalue weighted by Crippen LogP contribution is -2.28. The second-order valence-corrected chi connectivity index (χ2v) is 12.4. The first kappa shape index (κ1) is 35.5. The van der Waals surface area contributed by atoms with Gasteiger partial charge in [0.2, 0.25) is 0 Å². The molecule has 0 aromatic carbocycles. The van der Waals surface area contributed by atoms with Crippen LogP contribution in [0.2, 0.25) is 0 Å². The van der Waals surface area contributed by atoms with Crippen LogP contribution in [0.4, 0.5) is 0 Å². The summed E-state index contributed by atoms with van der Waals surface area (Å²) in [6.07, 6.45) is 22.0. The monoisotopic (exact) mass is 535 g/mol. The molecule has 0 saturated carbocycles. The first-order valence-electron chi connectivity index (χ1n) is 14.6. The zero-order chi connectivity index (χ0) is 26.9. The molecule has 0 aliphatic heterocycles. The van der Waals surface area contributed by atoms with Crippen LogP contribution in [0.15, 0.2) is 0 Å². The summed E-state index contributed by atoms with van der Waals surface area (Å²) < 4.78 is 28.1. The summed E-state index contributed by atoms with van der Waals surface area (Å²) in [5.41, 5.74) is 0. The van der Waals surface area contributed by atoms with Crippen molar-refractivity contribution in [1.82, 2.24) is 4.90 Å². The summed E-state index contributed by atoms with van der Waals surface area (Å²) in [5.74, 6) is -0.453. The van der Waals surface area contributed by atoms with Crippen LogP contribution >= 0.6 is 7.60 Å². The minimum absolute atomic E-state index is 0.0346. The van der Waals surface area contributed by atoms with Gasteiger partial charge in [-0.2, -0.15) is 0 Å². The largest absolute Gasteiger partial charge is 0.458 e. The second kappa shape index (κ2) is 24.9. The standard InChI is InChI=1S/C28H58NO6P/c1-5-6-7-8-9-10-11-12-13-14-15-16-17-18-19-20-21-23-33-25-28(35-27(2)30)26-34-36(31,32)24-22-29(3)4/h28H,5-26H2,1-4H3,(H,31,32). The zero-order valence-electron chi connectivity index (χ0n) is 24.0. The molecule has 0 fully saturated rings. The molecule has 36 heavy (non-hydrogen) atoms. The second-order valence-electron chi connectivity index (χ2n) is 10.4. The minimum atomic E-state index is -3.71. The van der Waals surface area contributed by atoms with E-state index in [0.717, 1.165) is 12.8 Å². The number of hydrogen-bond acceptors (Lipinski definition) is 6. The number of unbranched alkanes of at least 4 members (excludes halogenated alkanes) is 16. The quantitative estimate of drug-likeness (QED) is 0.0668. The lowest BCUT2D eigenvalue weighted by atomic mass is 10.0. The van der Waals surface area contributed by atoms with Crippen LogP contribution in [0, 0.1) is 0 Å². The van der Waals surface area contributed by atoms with Gasteiger partial charge < -0.3 is 23.8 Å². The van der Waals surface area contributed by atoms with E-state index in [4.69, 9.17) is 14.0 Å². The van der Waals surface area contributed by atoms with Crippen LogP contribution in [0.25, 0.3) is 0 Å². The van der Waals surface area contributed by atoms with E-state index in [1.54, 1.807) is 0 Å². The van der Waals surface area contributed by atoms with E-state index in [1.165, 1.54) is 103 Å². The first-order valence-corrected chi connectivity index (χ1v) is 16.4. The maximum Gasteiger partial charge on any atom is 0.329 e. The predicted molar refractivity (Wildman–Crippen MR) is 150 cm³/mol. The van der Waals surface area contributed by atoms with Crippen molar-refractivity contribution in [3.8, 4) is 0 Å². The molecule has 0 saturated heterocycles. The number of carbonyl (C=O) groups excluding carboxylic acids is 1. The Bertz CT molecular complexity index is 546. The van der Waals surface area contributed by atoms with Crippen LogP contribution in [0.5, 0.6) is 0 Å². The minimum Gasteiger partial charge on any atom is -0.458 e. The molecule has 7 nitrogen and oxygen atoms in total. The van der Waals surface area contributed by atoms with Gasteiger partial charge in [0.25, 0.3) is 0 Å². The Morgan fingerprint density at radius 1 is 0.778 bits per heavy atom. The number of nitrogens with zero attached hydrogens (tertiary/aromatic N) is 1. The molecule has 2 unspecified atom stereocenters. The van der Waals surface area contributed by atoms with Crippen LogP contribution < -0.4 is 0 Å². The Balaban J connectivity index is 3.60. The van der Waals surface area contributed by atoms with Gasteiger partial charge in [-0.1, -0.05) is 110 Å². The SMILES string of the molecule is CCCCCCCCCCCCCCCCCCCOCC(COP(=O)(O)CCN(C)C)OC(C)=O. The molecule has 0 bridgehead atoms. The third kappa shape index (κ3) is 26.6. The average molecular weight is 536 g/mol. The Labute approximate surface area is 222 Å². The van der Waals surface area contributed by atoms with Crippen LogP contribution in [0.3, 0.4) is 0 Å². The van der Waals surface area contributed by atoms with Gasteiger partial charge in [-0.05, 0) is 20.5 Å². The highest BCUT2D eigenvalue weighted by Gasteiger charge is 2.23. The number of hydrogen-bond donors (Lipinski definition) is 1. The maximum atomic E-state index is 12.1. The Morgan fingerprint density at radius 2 is 1.22 bits per heavy atom. The van der Waals surface area contributed by atoms with Gasteiger partial charge in [-0.3, -0.25) is 9.36 Å². The molecular formula is C28H58NO6P. The molecule has 0 aromatic rings. The normalized spacial score (nSPS) is 14.2. The smallest absolute Gasteiger partial charge is 0.329 e. The van der Waals surface area contributed by atoms with Gasteiger partial charge in [-0.15, -0.1) is 0 Å². The van der Waals surface area contributed by atoms with E-state index in [0.29, 0.717) is 13.2 Å². The van der Waals surface area contributed by atoms with Crippen LogP contribution in [-0.4, -0.2) is 68.5 Å². The average Bonchev–Trinajstić information content (AvgIpc) is 2.82. The topological polar surface area (TPSA) is 85.3 Å². The number of ether oxygens (including phenoxy) is 2. The highest BCUT2D eigenvalue weighted by molar-refractivity contribution is 7.52. The number of esters is 1. The van der Waals surface area contributed by atoms with Crippen molar-refractivity contribution in [2.24, 2.45) is 0 Å². The molecule has 1 N–H and O–H groups in total. The fourth-order valence-electron chi connectivity index (χ4n) is 4.09. The summed E-state index contributed by atoms with van der Waals surface area (Å²) >= 11 is 0. The van der Waals surface area contributed by atoms with Crippen molar-refractivity contribution in [2.45, 2.75) is 129 Å². The molecule has 0 heterocycles. The molecule has 0 aliphatic carbocycles. The molecule has 0 aliphatic rings. The Morgan fingerprint density at radius 3 is 1.64 bits per heavy atom. The lowest BCUT2D eigenvalue weighted by Gasteiger charge is -2.20. The van der Waals surface area contributed by atoms with Gasteiger partial charge in [0.15, 0.2) is 0 Å².